The monoisotopic (exact) mass is 535 g/mol. The van der Waals surface area contributed by atoms with Crippen LogP contribution in [0.15, 0.2) is 59.3 Å². The third-order valence-electron chi connectivity index (χ3n) is 2.40. The average Bonchev–Trinajstić information content (AvgIpc) is 2.47. The van der Waals surface area contributed by atoms with Gasteiger partial charge in [0.15, 0.2) is 5.78 Å². The molecule has 0 spiro atoms. The predicted octanol–water partition coefficient (Wildman–Crippen LogP) is 5.40. The van der Waals surface area contributed by atoms with Crippen molar-refractivity contribution in [2.24, 2.45) is 0 Å². The van der Waals surface area contributed by atoms with Crippen molar-refractivity contribution in [2.75, 3.05) is 0 Å². The van der Waals surface area contributed by atoms with Crippen molar-refractivity contribution in [2.45, 2.75) is 18.7 Å². The number of halogens is 3. The van der Waals surface area contributed by atoms with Crippen LogP contribution in [0.5, 0.6) is 0 Å². The second kappa shape index (κ2) is 10.3. The Bertz CT molecular complexity index is 670. The van der Waals surface area contributed by atoms with Gasteiger partial charge in [-0.05, 0) is 30.5 Å². The fourth-order valence-corrected chi connectivity index (χ4v) is 1.95. The van der Waals surface area contributed by atoms with Crippen molar-refractivity contribution in [3.05, 3.63) is 60.5 Å². The first-order valence-electron chi connectivity index (χ1n) is 6.43. The van der Waals surface area contributed by atoms with Crippen LogP contribution in [-0.4, -0.2) is 15.9 Å². The van der Waals surface area contributed by atoms with Crippen LogP contribution in [0.25, 0.3) is 11.3 Å². The minimum absolute atomic E-state index is 0. The first-order chi connectivity index (χ1) is 10.7. The zero-order chi connectivity index (χ0) is 17.5. The van der Waals surface area contributed by atoms with Crippen molar-refractivity contribution in [1.82, 2.24) is 4.98 Å². The molecule has 1 aromatic carbocycles. The maximum absolute atomic E-state index is 12.4. The van der Waals surface area contributed by atoms with Crippen LogP contribution in [0.1, 0.15) is 13.8 Å². The number of ketones is 1. The quantitative estimate of drug-likeness (QED) is 0.326. The molecule has 8 heteroatoms. The number of aliphatic hydroxyl groups excluding tert-OH is 1. The van der Waals surface area contributed by atoms with Crippen LogP contribution in [0.3, 0.4) is 0 Å². The number of hydrogen-bond donors (Lipinski definition) is 1. The minimum Gasteiger partial charge on any atom is -0.512 e. The maximum Gasteiger partial charge on any atom is 0.202 e. The number of hydrogen-bond acceptors (Lipinski definition) is 3. The molecular formula is C16H15F3IrNO2S-. The number of allylic oxidation sites excluding steroid dienone is 2. The zero-order valence-electron chi connectivity index (χ0n) is 12.8. The number of nitrogens with zero attached hydrogens (tertiary/aromatic N) is 1. The van der Waals surface area contributed by atoms with Crippen LogP contribution >= 0.6 is 11.2 Å². The van der Waals surface area contributed by atoms with E-state index in [2.05, 4.69) is 11.1 Å². The van der Waals surface area contributed by atoms with Crippen molar-refractivity contribution in [3.63, 3.8) is 0 Å². The Labute approximate surface area is 154 Å². The van der Waals surface area contributed by atoms with Gasteiger partial charge in [-0.1, -0.05) is 12.1 Å². The first-order valence-corrected chi connectivity index (χ1v) is 7.76. The van der Waals surface area contributed by atoms with Gasteiger partial charge in [0, 0.05) is 32.4 Å². The predicted molar refractivity (Wildman–Crippen MR) is 84.8 cm³/mol. The van der Waals surface area contributed by atoms with E-state index in [1.54, 1.807) is 24.4 Å². The molecule has 0 atom stereocenters. The van der Waals surface area contributed by atoms with Crippen molar-refractivity contribution in [3.8, 4) is 11.3 Å². The first kappa shape index (κ1) is 22.4. The van der Waals surface area contributed by atoms with Gasteiger partial charge in [-0.3, -0.25) is 4.79 Å². The van der Waals surface area contributed by atoms with Gasteiger partial charge < -0.3 is 10.1 Å². The summed E-state index contributed by atoms with van der Waals surface area (Å²) in [6.45, 7) is 2.85. The fraction of sp³-hybridized carbons (Fsp3) is 0.125. The molecule has 0 amide bonds. The Morgan fingerprint density at radius 2 is 1.88 bits per heavy atom. The molecule has 2 rings (SSSR count). The second-order valence-electron chi connectivity index (χ2n) is 4.46. The molecule has 133 valence electrons. The number of aliphatic hydroxyl groups is 1. The Morgan fingerprint density at radius 1 is 1.21 bits per heavy atom. The molecular weight excluding hydrogens is 519 g/mol. The Hall–Kier alpha value is -1.63. The van der Waals surface area contributed by atoms with Gasteiger partial charge in [0.2, 0.25) is 11.2 Å². The van der Waals surface area contributed by atoms with E-state index < -0.39 is 16.1 Å². The van der Waals surface area contributed by atoms with Gasteiger partial charge in [0.05, 0.1) is 5.76 Å². The largest absolute Gasteiger partial charge is 0.512 e. The van der Waals surface area contributed by atoms with Crippen LogP contribution in [-0.2, 0) is 24.9 Å². The van der Waals surface area contributed by atoms with Gasteiger partial charge in [-0.15, -0.1) is 41.5 Å². The van der Waals surface area contributed by atoms with E-state index in [0.717, 1.165) is 12.1 Å². The third-order valence-corrected chi connectivity index (χ3v) is 3.19. The maximum atomic E-state index is 12.4. The van der Waals surface area contributed by atoms with Gasteiger partial charge >= 0.3 is 0 Å². The fourth-order valence-electron chi connectivity index (χ4n) is 1.53. The van der Waals surface area contributed by atoms with E-state index >= 15 is 0 Å². The summed E-state index contributed by atoms with van der Waals surface area (Å²) in [5, 5.41) is 8.36. The molecule has 1 aromatic heterocycles. The van der Waals surface area contributed by atoms with Crippen molar-refractivity contribution in [1.29, 1.82) is 0 Å². The van der Waals surface area contributed by atoms with Crippen LogP contribution in [0.4, 0.5) is 11.7 Å². The molecule has 0 saturated carbocycles. The van der Waals surface area contributed by atoms with Gasteiger partial charge in [0.1, 0.15) is 0 Å². The average molecular weight is 535 g/mol. The molecule has 3 nitrogen and oxygen atoms in total. The number of carbonyl (C=O) groups is 1. The molecule has 0 aliphatic heterocycles. The summed E-state index contributed by atoms with van der Waals surface area (Å²) in [6.07, 6.45) is 2.76. The summed E-state index contributed by atoms with van der Waals surface area (Å²) in [6, 6.07) is 11.3. The molecule has 1 heterocycles. The van der Waals surface area contributed by atoms with E-state index in [4.69, 9.17) is 5.11 Å². The number of pyridine rings is 1. The van der Waals surface area contributed by atoms with E-state index in [1.807, 2.05) is 0 Å². The molecule has 0 saturated heterocycles. The number of aromatic nitrogens is 1. The van der Waals surface area contributed by atoms with Gasteiger partial charge in [0.25, 0.3) is 0 Å². The summed E-state index contributed by atoms with van der Waals surface area (Å²) >= 11 is -5.15. The molecule has 0 bridgehead atoms. The molecule has 0 aliphatic carbocycles. The number of benzene rings is 1. The zero-order valence-corrected chi connectivity index (χ0v) is 16.0. The molecule has 0 aliphatic rings. The van der Waals surface area contributed by atoms with E-state index in [1.165, 1.54) is 26.0 Å². The Balaban J connectivity index is 0.000000570. The minimum atomic E-state index is -5.15. The van der Waals surface area contributed by atoms with E-state index in [-0.39, 0.29) is 31.6 Å². The van der Waals surface area contributed by atoms with Gasteiger partial charge in [-0.2, -0.15) is 0 Å². The van der Waals surface area contributed by atoms with Crippen molar-refractivity contribution >= 4 is 17.0 Å². The topological polar surface area (TPSA) is 50.2 Å². The molecule has 24 heavy (non-hydrogen) atoms. The normalized spacial score (nSPS) is 11.6. The van der Waals surface area contributed by atoms with Crippen LogP contribution in [0.2, 0.25) is 0 Å². The Kier molecular flexibility index (Phi) is 9.58. The molecule has 0 fully saturated rings. The van der Waals surface area contributed by atoms with Gasteiger partial charge in [-0.25, -0.2) is 0 Å². The van der Waals surface area contributed by atoms with Crippen LogP contribution in [0, 0.1) is 6.07 Å². The second-order valence-corrected chi connectivity index (χ2v) is 5.74. The Morgan fingerprint density at radius 3 is 2.21 bits per heavy atom. The molecule has 0 unspecified atom stereocenters. The van der Waals surface area contributed by atoms with E-state index in [9.17, 15) is 16.5 Å². The summed E-state index contributed by atoms with van der Waals surface area (Å²) in [5.41, 5.74) is 1.18. The third kappa shape index (κ3) is 8.29. The van der Waals surface area contributed by atoms with E-state index in [0.29, 0.717) is 11.3 Å². The summed E-state index contributed by atoms with van der Waals surface area (Å²) in [4.78, 5) is 13.4. The van der Waals surface area contributed by atoms with Crippen molar-refractivity contribution < 1.29 is 41.7 Å². The SMILES string of the molecule is CC(=O)/C=C(/C)O.FS(F)(F)c1c[c-]c(-c2ccccn2)cc1.[Ir]. The number of rotatable bonds is 3. The molecule has 1 radical (unpaired) electrons. The smallest absolute Gasteiger partial charge is 0.202 e. The molecule has 1 N–H and O–H groups in total. The summed E-state index contributed by atoms with van der Waals surface area (Å²) in [7, 11) is 0. The van der Waals surface area contributed by atoms with Crippen LogP contribution < -0.4 is 0 Å². The summed E-state index contributed by atoms with van der Waals surface area (Å²) in [5.74, 6) is -0.0625. The number of carbonyl (C=O) groups excluding carboxylic acids is 1. The standard InChI is InChI=1S/C11H7F3NS.C5H8O2.Ir/c12-16(13,14)10-6-4-9(5-7-10)11-3-1-2-8-15-11;1-4(6)3-5(2)7;/h1-4,6-8H;3,6H,1-2H3;/q-1;;/b;4-3-;. The summed E-state index contributed by atoms with van der Waals surface area (Å²) < 4.78 is 37.1. The molecule has 2 aromatic rings.